The van der Waals surface area contributed by atoms with Gasteiger partial charge in [-0.05, 0) is 50.4 Å². The predicted octanol–water partition coefficient (Wildman–Crippen LogP) is 2.79. The molecule has 0 aromatic heterocycles. The third-order valence-electron chi connectivity index (χ3n) is 5.44. The number of nitrogens with zero attached hydrogens (tertiary/aromatic N) is 1. The molecule has 0 spiro atoms. The molecule has 0 aromatic carbocycles. The number of carbonyl (C=O) groups is 1. The van der Waals surface area contributed by atoms with Gasteiger partial charge in [0, 0.05) is 33.9 Å². The van der Waals surface area contributed by atoms with E-state index in [4.69, 9.17) is 9.47 Å². The molecule has 5 nitrogen and oxygen atoms in total. The first-order valence-corrected chi connectivity index (χ1v) is 8.65. The molecule has 1 heterocycles. The molecule has 1 aliphatic carbocycles. The standard InChI is InChI=1S/C17H32N2O3/c1-17(9-6-15(22-3)7-10-17)13-18-16(20)19-11-4-5-14(21-2)8-12-19/h14-15H,4-13H2,1-3H3,(H,18,20)/t14-,15?,17?/m0/s1. The first-order chi connectivity index (χ1) is 10.6. The largest absolute Gasteiger partial charge is 0.381 e. The predicted molar refractivity (Wildman–Crippen MR) is 87.0 cm³/mol. The number of nitrogens with one attached hydrogen (secondary N) is 1. The van der Waals surface area contributed by atoms with Crippen molar-refractivity contribution in [2.45, 2.75) is 64.1 Å². The zero-order valence-electron chi connectivity index (χ0n) is 14.4. The van der Waals surface area contributed by atoms with Crippen molar-refractivity contribution in [1.29, 1.82) is 0 Å². The molecule has 2 aliphatic rings. The van der Waals surface area contributed by atoms with Gasteiger partial charge in [0.25, 0.3) is 0 Å². The Balaban J connectivity index is 1.75. The van der Waals surface area contributed by atoms with Crippen LogP contribution in [-0.4, -0.2) is 57.0 Å². The van der Waals surface area contributed by atoms with Gasteiger partial charge in [-0.2, -0.15) is 0 Å². The number of likely N-dealkylation sites (tertiary alicyclic amines) is 1. The van der Waals surface area contributed by atoms with Crippen LogP contribution in [-0.2, 0) is 9.47 Å². The van der Waals surface area contributed by atoms with E-state index in [2.05, 4.69) is 12.2 Å². The zero-order valence-corrected chi connectivity index (χ0v) is 14.4. The van der Waals surface area contributed by atoms with Crippen molar-refractivity contribution in [3.05, 3.63) is 0 Å². The SMILES string of the molecule is COC1CCC(C)(CNC(=O)N2CCC[C@H](OC)CC2)CC1. The second kappa shape index (κ2) is 8.16. The molecule has 1 aliphatic heterocycles. The van der Waals surface area contributed by atoms with Crippen molar-refractivity contribution in [2.24, 2.45) is 5.41 Å². The molecular formula is C17H32N2O3. The van der Waals surface area contributed by atoms with Gasteiger partial charge in [-0.1, -0.05) is 6.92 Å². The summed E-state index contributed by atoms with van der Waals surface area (Å²) in [7, 11) is 3.55. The Bertz CT molecular complexity index is 354. The van der Waals surface area contributed by atoms with Crippen LogP contribution in [0.3, 0.4) is 0 Å². The minimum atomic E-state index is 0.0897. The zero-order chi connectivity index (χ0) is 16.0. The van der Waals surface area contributed by atoms with Gasteiger partial charge in [0.05, 0.1) is 12.2 Å². The van der Waals surface area contributed by atoms with Gasteiger partial charge in [-0.15, -0.1) is 0 Å². The number of methoxy groups -OCH3 is 2. The highest BCUT2D eigenvalue weighted by Crippen LogP contribution is 2.36. The first-order valence-electron chi connectivity index (χ1n) is 8.65. The van der Waals surface area contributed by atoms with Crippen LogP contribution < -0.4 is 5.32 Å². The third-order valence-corrected chi connectivity index (χ3v) is 5.44. The monoisotopic (exact) mass is 312 g/mol. The Kier molecular flexibility index (Phi) is 6.50. The highest BCUT2D eigenvalue weighted by atomic mass is 16.5. The average Bonchev–Trinajstić information content (AvgIpc) is 2.79. The lowest BCUT2D eigenvalue weighted by Gasteiger charge is -2.37. The number of carbonyl (C=O) groups excluding carboxylic acids is 1. The summed E-state index contributed by atoms with van der Waals surface area (Å²) in [6.45, 7) is 4.69. The van der Waals surface area contributed by atoms with Gasteiger partial charge in [0.15, 0.2) is 0 Å². The number of hydrogen-bond donors (Lipinski definition) is 1. The van der Waals surface area contributed by atoms with Crippen LogP contribution in [0, 0.1) is 5.41 Å². The quantitative estimate of drug-likeness (QED) is 0.868. The lowest BCUT2D eigenvalue weighted by molar-refractivity contribution is 0.0329. The van der Waals surface area contributed by atoms with Gasteiger partial charge < -0.3 is 19.7 Å². The molecule has 0 bridgehead atoms. The number of urea groups is 1. The molecule has 5 heteroatoms. The second-order valence-corrected chi connectivity index (χ2v) is 7.18. The van der Waals surface area contributed by atoms with E-state index in [0.29, 0.717) is 12.2 Å². The maximum Gasteiger partial charge on any atom is 0.317 e. The lowest BCUT2D eigenvalue weighted by Crippen LogP contribution is -2.45. The number of amides is 2. The fourth-order valence-electron chi connectivity index (χ4n) is 3.61. The second-order valence-electron chi connectivity index (χ2n) is 7.18. The number of rotatable bonds is 4. The van der Waals surface area contributed by atoms with E-state index in [1.54, 1.807) is 14.2 Å². The molecule has 2 fully saturated rings. The van der Waals surface area contributed by atoms with Crippen molar-refractivity contribution >= 4 is 6.03 Å². The van der Waals surface area contributed by atoms with Crippen molar-refractivity contribution in [3.8, 4) is 0 Å². The van der Waals surface area contributed by atoms with Crippen molar-refractivity contribution < 1.29 is 14.3 Å². The third kappa shape index (κ3) is 4.85. The van der Waals surface area contributed by atoms with Crippen LogP contribution in [0.2, 0.25) is 0 Å². The van der Waals surface area contributed by atoms with E-state index < -0.39 is 0 Å². The highest BCUT2D eigenvalue weighted by molar-refractivity contribution is 5.74. The maximum absolute atomic E-state index is 12.4. The van der Waals surface area contributed by atoms with E-state index in [9.17, 15) is 4.79 Å². The lowest BCUT2D eigenvalue weighted by atomic mass is 9.74. The topological polar surface area (TPSA) is 50.8 Å². The average molecular weight is 312 g/mol. The van der Waals surface area contributed by atoms with Crippen LogP contribution in [0.4, 0.5) is 4.79 Å². The maximum atomic E-state index is 12.4. The van der Waals surface area contributed by atoms with Crippen LogP contribution in [0.15, 0.2) is 0 Å². The summed E-state index contributed by atoms with van der Waals surface area (Å²) in [6, 6.07) is 0.0897. The van der Waals surface area contributed by atoms with Gasteiger partial charge in [0.2, 0.25) is 0 Å². The summed E-state index contributed by atoms with van der Waals surface area (Å²) in [5, 5.41) is 3.16. The van der Waals surface area contributed by atoms with Crippen LogP contribution in [0.25, 0.3) is 0 Å². The smallest absolute Gasteiger partial charge is 0.317 e. The van der Waals surface area contributed by atoms with Gasteiger partial charge in [0.1, 0.15) is 0 Å². The summed E-state index contributed by atoms with van der Waals surface area (Å²) < 4.78 is 10.9. The molecule has 1 saturated carbocycles. The number of ether oxygens (including phenoxy) is 2. The summed E-state index contributed by atoms with van der Waals surface area (Å²) in [6.07, 6.45) is 8.17. The molecule has 2 rings (SSSR count). The van der Waals surface area contributed by atoms with Crippen LogP contribution in [0.5, 0.6) is 0 Å². The molecule has 0 radical (unpaired) electrons. The van der Waals surface area contributed by atoms with Crippen LogP contribution >= 0.6 is 0 Å². The minimum Gasteiger partial charge on any atom is -0.381 e. The van der Waals surface area contributed by atoms with Gasteiger partial charge >= 0.3 is 6.03 Å². The summed E-state index contributed by atoms with van der Waals surface area (Å²) >= 11 is 0. The summed E-state index contributed by atoms with van der Waals surface area (Å²) in [4.78, 5) is 14.3. The molecule has 1 atom stereocenters. The highest BCUT2D eigenvalue weighted by Gasteiger charge is 2.32. The molecular weight excluding hydrogens is 280 g/mol. The van der Waals surface area contributed by atoms with Crippen molar-refractivity contribution in [2.75, 3.05) is 33.9 Å². The van der Waals surface area contributed by atoms with E-state index >= 15 is 0 Å². The summed E-state index contributed by atoms with van der Waals surface area (Å²) in [5.41, 5.74) is 0.214. The molecule has 1 saturated heterocycles. The molecule has 0 aromatic rings. The van der Waals surface area contributed by atoms with Gasteiger partial charge in [-0.25, -0.2) is 4.79 Å². The van der Waals surface area contributed by atoms with Crippen LogP contribution in [0.1, 0.15) is 51.9 Å². The van der Waals surface area contributed by atoms with E-state index in [-0.39, 0.29) is 11.4 Å². The Morgan fingerprint density at radius 2 is 1.73 bits per heavy atom. The Morgan fingerprint density at radius 1 is 1.09 bits per heavy atom. The summed E-state index contributed by atoms with van der Waals surface area (Å²) in [5.74, 6) is 0. The Morgan fingerprint density at radius 3 is 2.36 bits per heavy atom. The molecule has 1 N–H and O–H groups in total. The normalized spacial score (nSPS) is 33.3. The molecule has 0 unspecified atom stereocenters. The molecule has 2 amide bonds. The van der Waals surface area contributed by atoms with E-state index in [1.165, 1.54) is 0 Å². The number of hydrogen-bond acceptors (Lipinski definition) is 3. The molecule has 22 heavy (non-hydrogen) atoms. The Hall–Kier alpha value is -0.810. The molecule has 128 valence electrons. The van der Waals surface area contributed by atoms with E-state index in [0.717, 1.165) is 64.6 Å². The van der Waals surface area contributed by atoms with Crippen molar-refractivity contribution in [3.63, 3.8) is 0 Å². The van der Waals surface area contributed by atoms with E-state index in [1.807, 2.05) is 4.90 Å². The Labute approximate surface area is 134 Å². The fourth-order valence-corrected chi connectivity index (χ4v) is 3.61. The first kappa shape index (κ1) is 17.5. The fraction of sp³-hybridized carbons (Fsp3) is 0.941. The van der Waals surface area contributed by atoms with Gasteiger partial charge in [-0.3, -0.25) is 0 Å². The minimum absolute atomic E-state index is 0.0897. The van der Waals surface area contributed by atoms with Crippen molar-refractivity contribution in [1.82, 2.24) is 10.2 Å².